The second-order valence-electron chi connectivity index (χ2n) is 7.23. The lowest BCUT2D eigenvalue weighted by molar-refractivity contribution is 0.0973. The summed E-state index contributed by atoms with van der Waals surface area (Å²) in [6.45, 7) is 5.33. The van der Waals surface area contributed by atoms with Crippen molar-refractivity contribution in [3.8, 4) is 0 Å². The van der Waals surface area contributed by atoms with Crippen LogP contribution in [-0.2, 0) is 0 Å². The van der Waals surface area contributed by atoms with Crippen LogP contribution in [0.15, 0.2) is 35.8 Å². The first-order valence-electron chi connectivity index (χ1n) is 9.89. The predicted octanol–water partition coefficient (Wildman–Crippen LogP) is 4.32. The Morgan fingerprint density at radius 3 is 2.89 bits per heavy atom. The lowest BCUT2D eigenvalue weighted by Crippen LogP contribution is -2.21. The molecule has 1 fully saturated rings. The summed E-state index contributed by atoms with van der Waals surface area (Å²) in [5.74, 6) is 0.578. The van der Waals surface area contributed by atoms with E-state index in [9.17, 15) is 4.79 Å². The van der Waals surface area contributed by atoms with Gasteiger partial charge >= 0.3 is 0 Å². The smallest absolute Gasteiger partial charge is 0.224 e. The van der Waals surface area contributed by atoms with Crippen molar-refractivity contribution in [3.05, 3.63) is 47.2 Å². The summed E-state index contributed by atoms with van der Waals surface area (Å²) in [4.78, 5) is 28.9. The van der Waals surface area contributed by atoms with Crippen LogP contribution in [0.4, 0.5) is 5.95 Å². The van der Waals surface area contributed by atoms with E-state index < -0.39 is 0 Å². The molecule has 28 heavy (non-hydrogen) atoms. The summed E-state index contributed by atoms with van der Waals surface area (Å²) in [5, 5.41) is 5.26. The maximum Gasteiger partial charge on any atom is 0.224 e. The number of anilines is 1. The highest BCUT2D eigenvalue weighted by atomic mass is 32.1. The number of rotatable bonds is 8. The van der Waals surface area contributed by atoms with E-state index in [2.05, 4.69) is 25.2 Å². The van der Waals surface area contributed by atoms with Gasteiger partial charge in [-0.25, -0.2) is 9.97 Å². The second-order valence-corrected chi connectivity index (χ2v) is 8.14. The number of hydrogen-bond acceptors (Lipinski definition) is 7. The average Bonchev–Trinajstić information content (AvgIpc) is 3.39. The molecule has 0 saturated carbocycles. The lowest BCUT2D eigenvalue weighted by Gasteiger charge is -2.15. The summed E-state index contributed by atoms with van der Waals surface area (Å²) in [6.07, 6.45) is 5.72. The zero-order valence-corrected chi connectivity index (χ0v) is 16.9. The maximum atomic E-state index is 12.9. The van der Waals surface area contributed by atoms with Crippen LogP contribution in [-0.4, -0.2) is 45.3 Å². The molecule has 7 heteroatoms. The van der Waals surface area contributed by atoms with Gasteiger partial charge in [-0.1, -0.05) is 6.07 Å². The van der Waals surface area contributed by atoms with Gasteiger partial charge in [0.1, 0.15) is 5.69 Å². The normalized spacial score (nSPS) is 15.8. The van der Waals surface area contributed by atoms with Gasteiger partial charge in [0.05, 0.1) is 22.0 Å². The van der Waals surface area contributed by atoms with E-state index in [4.69, 9.17) is 0 Å². The van der Waals surface area contributed by atoms with E-state index in [1.165, 1.54) is 24.2 Å². The number of carbonyl (C=O) groups excluding carboxylic acids is 1. The van der Waals surface area contributed by atoms with Crippen LogP contribution in [0.1, 0.15) is 54.8 Å². The van der Waals surface area contributed by atoms with Crippen LogP contribution in [0, 0.1) is 0 Å². The van der Waals surface area contributed by atoms with Crippen molar-refractivity contribution >= 4 is 33.3 Å². The first-order chi connectivity index (χ1) is 13.7. The van der Waals surface area contributed by atoms with Gasteiger partial charge in [-0.2, -0.15) is 0 Å². The molecule has 1 saturated heterocycles. The van der Waals surface area contributed by atoms with Crippen LogP contribution >= 0.6 is 11.3 Å². The molecule has 6 nitrogen and oxygen atoms in total. The van der Waals surface area contributed by atoms with E-state index >= 15 is 0 Å². The van der Waals surface area contributed by atoms with Crippen molar-refractivity contribution in [2.24, 2.45) is 0 Å². The molecule has 1 aliphatic heterocycles. The lowest BCUT2D eigenvalue weighted by atomic mass is 10.1. The molecule has 3 aromatic heterocycles. The Hall–Kier alpha value is -2.38. The molecule has 1 N–H and O–H groups in total. The van der Waals surface area contributed by atoms with Crippen molar-refractivity contribution in [1.29, 1.82) is 0 Å². The largest absolute Gasteiger partial charge is 0.346 e. The van der Waals surface area contributed by atoms with Crippen molar-refractivity contribution in [1.82, 2.24) is 19.9 Å². The van der Waals surface area contributed by atoms with Gasteiger partial charge in [-0.3, -0.25) is 9.78 Å². The fourth-order valence-electron chi connectivity index (χ4n) is 3.60. The molecule has 1 atom stereocenters. The molecule has 0 unspecified atom stereocenters. The molecule has 0 radical (unpaired) electrons. The molecule has 4 rings (SSSR count). The first kappa shape index (κ1) is 19.0. The predicted molar refractivity (Wildman–Crippen MR) is 113 cm³/mol. The number of carbonyl (C=O) groups is 1. The first-order valence-corrected chi connectivity index (χ1v) is 10.8. The molecule has 0 amide bonds. The third-order valence-electron chi connectivity index (χ3n) is 5.12. The van der Waals surface area contributed by atoms with Crippen LogP contribution in [0.25, 0.3) is 10.2 Å². The number of nitrogens with zero attached hydrogens (tertiary/aromatic N) is 4. The van der Waals surface area contributed by atoms with Crippen LogP contribution in [0.2, 0.25) is 0 Å². The van der Waals surface area contributed by atoms with Crippen molar-refractivity contribution in [2.45, 2.75) is 38.6 Å². The number of Topliss-reactive ketones (excluding diaryl/α,β-unsaturated/α-hetero) is 1. The minimum Gasteiger partial charge on any atom is -0.346 e. The number of nitrogens with one attached hydrogen (secondary N) is 1. The molecule has 0 aliphatic carbocycles. The van der Waals surface area contributed by atoms with E-state index in [-0.39, 0.29) is 11.8 Å². The number of likely N-dealkylation sites (tertiary alicyclic amines) is 1. The van der Waals surface area contributed by atoms with Gasteiger partial charge in [-0.05, 0) is 69.4 Å². The molecular weight excluding hydrogens is 370 g/mol. The van der Waals surface area contributed by atoms with Crippen molar-refractivity contribution in [2.75, 3.05) is 25.0 Å². The van der Waals surface area contributed by atoms with Crippen molar-refractivity contribution in [3.63, 3.8) is 0 Å². The number of hydrogen-bond donors (Lipinski definition) is 1. The zero-order chi connectivity index (χ0) is 19.3. The summed E-state index contributed by atoms with van der Waals surface area (Å²) < 4.78 is 0.877. The molecule has 3 aromatic rings. The minimum absolute atomic E-state index is 0.0459. The number of ketones is 1. The van der Waals surface area contributed by atoms with Gasteiger partial charge in [-0.15, -0.1) is 11.3 Å². The molecular formula is C21H25N5OS. The Balaban J connectivity index is 1.49. The minimum atomic E-state index is -0.0459. The zero-order valence-electron chi connectivity index (χ0n) is 16.1. The summed E-state index contributed by atoms with van der Waals surface area (Å²) >= 11 is 1.53. The number of pyridine rings is 1. The molecule has 146 valence electrons. The Morgan fingerprint density at radius 2 is 2.11 bits per heavy atom. The second kappa shape index (κ2) is 8.75. The molecule has 1 aliphatic rings. The molecule has 0 aromatic carbocycles. The number of aromatic nitrogens is 3. The molecule has 0 bridgehead atoms. The maximum absolute atomic E-state index is 12.9. The van der Waals surface area contributed by atoms with Gasteiger partial charge in [0, 0.05) is 12.6 Å². The Bertz CT molecular complexity index is 936. The SMILES string of the molecule is C[C@H](Nc1nc(C(=O)CCCN2CCCC2)c2sccc2n1)c1ccccn1. The fraction of sp³-hybridized carbons (Fsp3) is 0.429. The fourth-order valence-corrected chi connectivity index (χ4v) is 4.44. The van der Waals surface area contributed by atoms with Crippen LogP contribution in [0.3, 0.4) is 0 Å². The highest BCUT2D eigenvalue weighted by molar-refractivity contribution is 7.17. The van der Waals surface area contributed by atoms with Crippen molar-refractivity contribution < 1.29 is 4.79 Å². The third kappa shape index (κ3) is 4.36. The highest BCUT2D eigenvalue weighted by Gasteiger charge is 2.18. The number of fused-ring (bicyclic) bond motifs is 1. The quantitative estimate of drug-likeness (QED) is 0.573. The van der Waals surface area contributed by atoms with E-state index in [0.29, 0.717) is 18.1 Å². The highest BCUT2D eigenvalue weighted by Crippen LogP contribution is 2.26. The summed E-state index contributed by atoms with van der Waals surface area (Å²) in [5.41, 5.74) is 2.27. The van der Waals surface area contributed by atoms with Gasteiger partial charge in [0.25, 0.3) is 0 Å². The average molecular weight is 396 g/mol. The van der Waals surface area contributed by atoms with E-state index in [1.807, 2.05) is 36.6 Å². The van der Waals surface area contributed by atoms with E-state index in [0.717, 1.165) is 42.0 Å². The van der Waals surface area contributed by atoms with Gasteiger partial charge in [0.2, 0.25) is 5.95 Å². The third-order valence-corrected chi connectivity index (χ3v) is 6.03. The van der Waals surface area contributed by atoms with E-state index in [1.54, 1.807) is 6.20 Å². The standard InChI is InChI=1S/C21H25N5OS/c1-15(16-7-2-3-10-22-16)23-21-24-17-9-14-28-20(17)19(25-21)18(27)8-6-13-26-11-4-5-12-26/h2-3,7,9-10,14-15H,4-6,8,11-13H2,1H3,(H,23,24,25)/t15-/m0/s1. The Kier molecular flexibility index (Phi) is 5.92. The monoisotopic (exact) mass is 395 g/mol. The number of thiophene rings is 1. The molecule has 0 spiro atoms. The van der Waals surface area contributed by atoms with Crippen LogP contribution < -0.4 is 5.32 Å². The Labute approximate surface area is 169 Å². The van der Waals surface area contributed by atoms with Gasteiger partial charge in [0.15, 0.2) is 5.78 Å². The topological polar surface area (TPSA) is 71.0 Å². The van der Waals surface area contributed by atoms with Gasteiger partial charge < -0.3 is 10.2 Å². The summed E-state index contributed by atoms with van der Waals surface area (Å²) in [6, 6.07) is 7.71. The Morgan fingerprint density at radius 1 is 1.25 bits per heavy atom. The molecule has 4 heterocycles. The van der Waals surface area contributed by atoms with Crippen LogP contribution in [0.5, 0.6) is 0 Å². The summed E-state index contributed by atoms with van der Waals surface area (Å²) in [7, 11) is 0.